The molecule has 1 aromatic heterocycles. The molecule has 4 N–H and O–H groups in total. The molecule has 1 heterocycles. The fourth-order valence-electron chi connectivity index (χ4n) is 1.89. The summed E-state index contributed by atoms with van der Waals surface area (Å²) in [5, 5.41) is 15.6. The molecule has 0 unspecified atom stereocenters. The summed E-state index contributed by atoms with van der Waals surface area (Å²) in [6.45, 7) is -0.259. The van der Waals surface area contributed by atoms with Crippen LogP contribution in [0.5, 0.6) is 5.75 Å². The fourth-order valence-corrected chi connectivity index (χ4v) is 1.89. The quantitative estimate of drug-likeness (QED) is 0.753. The number of nitrogens with zero attached hydrogens (tertiary/aromatic N) is 2. The molecule has 6 nitrogen and oxygen atoms in total. The Morgan fingerprint density at radius 2 is 2.12 bits per heavy atom. The van der Waals surface area contributed by atoms with Crippen molar-refractivity contribution in [3.8, 4) is 11.4 Å². The van der Waals surface area contributed by atoms with Gasteiger partial charge < -0.3 is 16.2 Å². The molecule has 2 aromatic rings. The molecule has 0 fully saturated rings. The number of carbonyl (C=O) groups excluding carboxylic acids is 1. The van der Waals surface area contributed by atoms with E-state index in [1.165, 1.54) is 22.9 Å². The van der Waals surface area contributed by atoms with Gasteiger partial charge in [0.25, 0.3) is 11.8 Å². The summed E-state index contributed by atoms with van der Waals surface area (Å²) in [5.74, 6) is -5.14. The highest BCUT2D eigenvalue weighted by molar-refractivity contribution is 5.94. The lowest BCUT2D eigenvalue weighted by molar-refractivity contribution is 0.0117. The van der Waals surface area contributed by atoms with Gasteiger partial charge in [-0.1, -0.05) is 0 Å². The number of carbonyl (C=O) groups is 1. The summed E-state index contributed by atoms with van der Waals surface area (Å²) in [7, 11) is 0. The van der Waals surface area contributed by atoms with E-state index in [-0.39, 0.29) is 12.4 Å². The van der Waals surface area contributed by atoms with Crippen molar-refractivity contribution in [1.29, 1.82) is 0 Å². The van der Waals surface area contributed by atoms with Crippen molar-refractivity contribution in [3.05, 3.63) is 41.5 Å². The summed E-state index contributed by atoms with van der Waals surface area (Å²) >= 11 is 0. The van der Waals surface area contributed by atoms with Crippen LogP contribution in [0.1, 0.15) is 16.1 Å². The van der Waals surface area contributed by atoms with Gasteiger partial charge in [-0.15, -0.1) is 12.4 Å². The average molecular weight is 365 g/mol. The third kappa shape index (κ3) is 4.39. The molecule has 0 bridgehead atoms. The number of hydrogen-bond donors (Lipinski definition) is 3. The number of nitrogens with one attached hydrogen (secondary N) is 1. The minimum absolute atomic E-state index is 0. The third-order valence-corrected chi connectivity index (χ3v) is 3.12. The summed E-state index contributed by atoms with van der Waals surface area (Å²) in [4.78, 5) is 11.8. The first-order valence-electron chi connectivity index (χ1n) is 6.65. The molecule has 0 atom stereocenters. The maximum Gasteiger partial charge on any atom is 0.277 e. The first-order valence-corrected chi connectivity index (χ1v) is 6.65. The van der Waals surface area contributed by atoms with Crippen molar-refractivity contribution in [1.82, 2.24) is 15.1 Å². The van der Waals surface area contributed by atoms with Crippen LogP contribution in [-0.2, 0) is 0 Å². The van der Waals surface area contributed by atoms with Crippen LogP contribution in [0.4, 0.5) is 13.2 Å². The van der Waals surface area contributed by atoms with E-state index in [1.54, 1.807) is 6.92 Å². The summed E-state index contributed by atoms with van der Waals surface area (Å²) < 4.78 is 40.3. The zero-order valence-corrected chi connectivity index (χ0v) is 13.4. The van der Waals surface area contributed by atoms with Gasteiger partial charge in [-0.25, -0.2) is 17.9 Å². The van der Waals surface area contributed by atoms with Gasteiger partial charge in [0.05, 0.1) is 25.0 Å². The summed E-state index contributed by atoms with van der Waals surface area (Å²) in [5.41, 5.74) is 5.41. The van der Waals surface area contributed by atoms with Crippen LogP contribution < -0.4 is 11.1 Å². The lowest BCUT2D eigenvalue weighted by Gasteiger charge is -2.13. The minimum Gasteiger partial charge on any atom is -0.504 e. The van der Waals surface area contributed by atoms with Crippen LogP contribution in [0.25, 0.3) is 5.69 Å². The molecule has 132 valence electrons. The van der Waals surface area contributed by atoms with Crippen LogP contribution in [0.15, 0.2) is 24.4 Å². The minimum atomic E-state index is -3.25. The highest BCUT2D eigenvalue weighted by Crippen LogP contribution is 2.21. The zero-order chi connectivity index (χ0) is 17.2. The maximum absolute atomic E-state index is 13.1. The molecular weight excluding hydrogens is 349 g/mol. The van der Waals surface area contributed by atoms with Gasteiger partial charge in [-0.2, -0.15) is 5.10 Å². The fraction of sp³-hybridized carbons (Fsp3) is 0.286. The van der Waals surface area contributed by atoms with E-state index < -0.39 is 42.2 Å². The number of aromatic hydroxyl groups is 1. The molecule has 0 aliphatic rings. The smallest absolute Gasteiger partial charge is 0.277 e. The number of rotatable bonds is 5. The lowest BCUT2D eigenvalue weighted by atomic mass is 10.2. The second kappa shape index (κ2) is 7.54. The second-order valence-electron chi connectivity index (χ2n) is 4.98. The van der Waals surface area contributed by atoms with E-state index in [0.717, 1.165) is 6.20 Å². The van der Waals surface area contributed by atoms with Crippen LogP contribution in [0.2, 0.25) is 0 Å². The first kappa shape index (κ1) is 19.8. The molecule has 2 rings (SSSR count). The first-order chi connectivity index (χ1) is 10.7. The van der Waals surface area contributed by atoms with Crippen LogP contribution >= 0.6 is 12.4 Å². The van der Waals surface area contributed by atoms with Crippen molar-refractivity contribution in [2.75, 3.05) is 13.1 Å². The van der Waals surface area contributed by atoms with E-state index in [0.29, 0.717) is 11.3 Å². The molecule has 0 radical (unpaired) electrons. The third-order valence-electron chi connectivity index (χ3n) is 3.12. The number of halogens is 4. The number of alkyl halides is 2. The second-order valence-corrected chi connectivity index (χ2v) is 4.98. The molecule has 24 heavy (non-hydrogen) atoms. The van der Waals surface area contributed by atoms with Crippen molar-refractivity contribution in [3.63, 3.8) is 0 Å². The maximum atomic E-state index is 13.1. The summed E-state index contributed by atoms with van der Waals surface area (Å²) in [6.07, 6.45) is 1.14. The Hall–Kier alpha value is -2.26. The molecule has 1 amide bonds. The van der Waals surface area contributed by atoms with Gasteiger partial charge in [-0.3, -0.25) is 4.79 Å². The molecule has 0 saturated carbocycles. The zero-order valence-electron chi connectivity index (χ0n) is 12.6. The number of hydrogen-bond acceptors (Lipinski definition) is 4. The van der Waals surface area contributed by atoms with Crippen LogP contribution in [-0.4, -0.2) is 39.8 Å². The van der Waals surface area contributed by atoms with E-state index in [1.807, 2.05) is 5.32 Å². The van der Waals surface area contributed by atoms with Crippen molar-refractivity contribution < 1.29 is 23.1 Å². The highest BCUT2D eigenvalue weighted by Gasteiger charge is 2.28. The van der Waals surface area contributed by atoms with E-state index >= 15 is 0 Å². The Morgan fingerprint density at radius 3 is 2.71 bits per heavy atom. The van der Waals surface area contributed by atoms with Gasteiger partial charge in [0, 0.05) is 0 Å². The number of aromatic nitrogens is 2. The normalized spacial score (nSPS) is 11.0. The van der Waals surface area contributed by atoms with Gasteiger partial charge in [0.1, 0.15) is 5.82 Å². The standard InChI is InChI=1S/C14H15F3N4O2.ClH/c1-8-4-9(15)2-3-10(8)21-5-11(22)12(20-21)13(23)19-7-14(16,17)6-18;/h2-5,22H,6-7,18H2,1H3,(H,19,23);1H. The van der Waals surface area contributed by atoms with E-state index in [2.05, 4.69) is 5.10 Å². The number of aryl methyl sites for hydroxylation is 1. The van der Waals surface area contributed by atoms with E-state index in [4.69, 9.17) is 5.73 Å². The molecule has 0 saturated heterocycles. The van der Waals surface area contributed by atoms with Gasteiger partial charge >= 0.3 is 0 Å². The monoisotopic (exact) mass is 364 g/mol. The largest absolute Gasteiger partial charge is 0.504 e. The number of nitrogens with two attached hydrogens (primary N) is 1. The molecule has 0 aliphatic carbocycles. The number of benzene rings is 1. The van der Waals surface area contributed by atoms with Gasteiger partial charge in [0.15, 0.2) is 11.4 Å². The summed E-state index contributed by atoms with van der Waals surface area (Å²) in [6, 6.07) is 3.87. The average Bonchev–Trinajstić information content (AvgIpc) is 2.86. The van der Waals surface area contributed by atoms with Gasteiger partial charge in [0.2, 0.25) is 0 Å². The molecule has 10 heteroatoms. The SMILES string of the molecule is Cc1cc(F)ccc1-n1cc(O)c(C(=O)NCC(F)(F)CN)n1.Cl. The Morgan fingerprint density at radius 1 is 1.46 bits per heavy atom. The van der Waals surface area contributed by atoms with Crippen molar-refractivity contribution >= 4 is 18.3 Å². The van der Waals surface area contributed by atoms with Crippen molar-refractivity contribution in [2.45, 2.75) is 12.8 Å². The molecular formula is C14H16ClF3N4O2. The Kier molecular flexibility index (Phi) is 6.22. The topological polar surface area (TPSA) is 93.2 Å². The Balaban J connectivity index is 0.00000288. The molecule has 0 spiro atoms. The predicted molar refractivity (Wildman–Crippen MR) is 83.5 cm³/mol. The predicted octanol–water partition coefficient (Wildman–Crippen LogP) is 1.77. The Labute approximate surface area is 141 Å². The molecule has 0 aliphatic heterocycles. The van der Waals surface area contributed by atoms with Gasteiger partial charge in [-0.05, 0) is 30.7 Å². The highest BCUT2D eigenvalue weighted by atomic mass is 35.5. The van der Waals surface area contributed by atoms with Crippen LogP contribution in [0.3, 0.4) is 0 Å². The van der Waals surface area contributed by atoms with E-state index in [9.17, 15) is 23.1 Å². The van der Waals surface area contributed by atoms with Crippen molar-refractivity contribution in [2.24, 2.45) is 5.73 Å². The molecule has 1 aromatic carbocycles. The number of amides is 1. The van der Waals surface area contributed by atoms with Crippen LogP contribution in [0, 0.1) is 12.7 Å². The Bertz CT molecular complexity index is 737. The lowest BCUT2D eigenvalue weighted by Crippen LogP contribution is -2.41.